The third-order valence-corrected chi connectivity index (χ3v) is 2.62. The fraction of sp³-hybridized carbons (Fsp3) is 0.385. The zero-order valence-electron chi connectivity index (χ0n) is 11.9. The second-order valence-electron chi connectivity index (χ2n) is 4.00. The Bertz CT molecular complexity index is 491. The van der Waals surface area contributed by atoms with Crippen molar-refractivity contribution in [1.82, 2.24) is 10.6 Å². The molecule has 0 aromatic heterocycles. The first-order valence-corrected chi connectivity index (χ1v) is 6.03. The molecular formula is C13H19N3O4. The highest BCUT2D eigenvalue weighted by Gasteiger charge is 2.15. The van der Waals surface area contributed by atoms with Gasteiger partial charge in [0.2, 0.25) is 5.91 Å². The number of urea groups is 1. The van der Waals surface area contributed by atoms with Crippen molar-refractivity contribution in [1.29, 1.82) is 0 Å². The average molecular weight is 281 g/mol. The van der Waals surface area contributed by atoms with Crippen molar-refractivity contribution in [3.05, 3.63) is 18.2 Å². The Morgan fingerprint density at radius 1 is 1.15 bits per heavy atom. The standard InChI is InChI=1S/C13H19N3O4/c1-8(12(17)16-13(18)14-2)15-9-5-6-10(19-3)11(7-9)20-4/h5-8,15H,1-4H3,(H2,14,16,17,18). The van der Waals surface area contributed by atoms with Gasteiger partial charge in [-0.25, -0.2) is 4.79 Å². The Morgan fingerprint density at radius 3 is 2.35 bits per heavy atom. The average Bonchev–Trinajstić information content (AvgIpc) is 2.46. The van der Waals surface area contributed by atoms with Crippen molar-refractivity contribution < 1.29 is 19.1 Å². The summed E-state index contributed by atoms with van der Waals surface area (Å²) in [5.41, 5.74) is 0.683. The molecule has 7 heteroatoms. The minimum Gasteiger partial charge on any atom is -0.493 e. The second kappa shape index (κ2) is 7.22. The molecule has 7 nitrogen and oxygen atoms in total. The van der Waals surface area contributed by atoms with Gasteiger partial charge in [0.25, 0.3) is 0 Å². The van der Waals surface area contributed by atoms with Crippen molar-refractivity contribution >= 4 is 17.6 Å². The molecule has 1 unspecified atom stereocenters. The molecule has 0 radical (unpaired) electrons. The van der Waals surface area contributed by atoms with Crippen LogP contribution in [0.1, 0.15) is 6.92 Å². The van der Waals surface area contributed by atoms with Crippen LogP contribution in [0.25, 0.3) is 0 Å². The van der Waals surface area contributed by atoms with Gasteiger partial charge in [0.05, 0.1) is 14.2 Å². The van der Waals surface area contributed by atoms with Crippen molar-refractivity contribution in [3.63, 3.8) is 0 Å². The maximum Gasteiger partial charge on any atom is 0.321 e. The van der Waals surface area contributed by atoms with Crippen LogP contribution in [0.4, 0.5) is 10.5 Å². The topological polar surface area (TPSA) is 88.7 Å². The van der Waals surface area contributed by atoms with Crippen LogP contribution >= 0.6 is 0 Å². The Labute approximate surface area is 117 Å². The summed E-state index contributed by atoms with van der Waals surface area (Å²) in [5, 5.41) is 7.48. The zero-order chi connectivity index (χ0) is 15.1. The molecule has 0 spiro atoms. The maximum atomic E-state index is 11.7. The van der Waals surface area contributed by atoms with Crippen LogP contribution < -0.4 is 25.4 Å². The van der Waals surface area contributed by atoms with Crippen LogP contribution in [0.15, 0.2) is 18.2 Å². The Balaban J connectivity index is 2.72. The summed E-state index contributed by atoms with van der Waals surface area (Å²) in [6, 6.07) is 4.07. The lowest BCUT2D eigenvalue weighted by molar-refractivity contribution is -0.120. The number of carbonyl (C=O) groups excluding carboxylic acids is 2. The van der Waals surface area contributed by atoms with Gasteiger partial charge < -0.3 is 20.1 Å². The van der Waals surface area contributed by atoms with Gasteiger partial charge in [-0.05, 0) is 19.1 Å². The van der Waals surface area contributed by atoms with E-state index in [1.54, 1.807) is 32.2 Å². The number of hydrogen-bond donors (Lipinski definition) is 3. The van der Waals surface area contributed by atoms with Crippen molar-refractivity contribution in [3.8, 4) is 11.5 Å². The Hall–Kier alpha value is -2.44. The van der Waals surface area contributed by atoms with Crippen molar-refractivity contribution in [2.24, 2.45) is 0 Å². The van der Waals surface area contributed by atoms with Gasteiger partial charge in [0.1, 0.15) is 6.04 Å². The zero-order valence-corrected chi connectivity index (χ0v) is 11.9. The van der Waals surface area contributed by atoms with Crippen molar-refractivity contribution in [2.45, 2.75) is 13.0 Å². The fourth-order valence-electron chi connectivity index (χ4n) is 1.52. The lowest BCUT2D eigenvalue weighted by Gasteiger charge is -2.16. The SMILES string of the molecule is CNC(=O)NC(=O)C(C)Nc1ccc(OC)c(OC)c1. The van der Waals surface area contributed by atoms with E-state index in [1.807, 2.05) is 0 Å². The smallest absolute Gasteiger partial charge is 0.321 e. The maximum absolute atomic E-state index is 11.7. The molecule has 0 saturated carbocycles. The van der Waals surface area contributed by atoms with E-state index in [0.29, 0.717) is 17.2 Å². The molecular weight excluding hydrogens is 262 g/mol. The normalized spacial score (nSPS) is 11.2. The first-order chi connectivity index (χ1) is 9.51. The molecule has 0 fully saturated rings. The van der Waals surface area contributed by atoms with Gasteiger partial charge >= 0.3 is 6.03 Å². The van der Waals surface area contributed by atoms with E-state index in [4.69, 9.17) is 9.47 Å². The van der Waals surface area contributed by atoms with E-state index in [1.165, 1.54) is 14.2 Å². The first kappa shape index (κ1) is 15.6. The number of hydrogen-bond acceptors (Lipinski definition) is 5. The third-order valence-electron chi connectivity index (χ3n) is 2.62. The number of imide groups is 1. The Kier molecular flexibility index (Phi) is 5.64. The van der Waals surface area contributed by atoms with Crippen LogP contribution in [0.3, 0.4) is 0 Å². The summed E-state index contributed by atoms with van der Waals surface area (Å²) in [7, 11) is 4.52. The molecule has 1 rings (SSSR count). The van der Waals surface area contributed by atoms with E-state index in [9.17, 15) is 9.59 Å². The van der Waals surface area contributed by atoms with Crippen LogP contribution in [0.5, 0.6) is 11.5 Å². The molecule has 0 aliphatic heterocycles. The van der Waals surface area contributed by atoms with Crippen LogP contribution in [-0.4, -0.2) is 39.2 Å². The number of methoxy groups -OCH3 is 2. The lowest BCUT2D eigenvalue weighted by Crippen LogP contribution is -2.44. The molecule has 0 bridgehead atoms. The highest BCUT2D eigenvalue weighted by molar-refractivity contribution is 5.97. The van der Waals surface area contributed by atoms with Gasteiger partial charge in [-0.15, -0.1) is 0 Å². The number of amides is 3. The predicted octanol–water partition coefficient (Wildman–Crippen LogP) is 0.960. The minimum absolute atomic E-state index is 0.431. The second-order valence-corrected chi connectivity index (χ2v) is 4.00. The predicted molar refractivity (Wildman–Crippen MR) is 75.2 cm³/mol. The van der Waals surface area contributed by atoms with Crippen molar-refractivity contribution in [2.75, 3.05) is 26.6 Å². The van der Waals surface area contributed by atoms with Gasteiger partial charge in [0.15, 0.2) is 11.5 Å². The van der Waals surface area contributed by atoms with E-state index >= 15 is 0 Å². The van der Waals surface area contributed by atoms with E-state index in [-0.39, 0.29) is 0 Å². The summed E-state index contributed by atoms with van der Waals surface area (Å²) in [6.07, 6.45) is 0. The summed E-state index contributed by atoms with van der Waals surface area (Å²) in [5.74, 6) is 0.719. The van der Waals surface area contributed by atoms with Crippen LogP contribution in [0, 0.1) is 0 Å². The molecule has 1 atom stereocenters. The lowest BCUT2D eigenvalue weighted by atomic mass is 10.2. The van der Waals surface area contributed by atoms with E-state index in [0.717, 1.165) is 0 Å². The molecule has 3 amide bonds. The molecule has 0 heterocycles. The largest absolute Gasteiger partial charge is 0.493 e. The highest BCUT2D eigenvalue weighted by Crippen LogP contribution is 2.29. The molecule has 3 N–H and O–H groups in total. The number of ether oxygens (including phenoxy) is 2. The highest BCUT2D eigenvalue weighted by atomic mass is 16.5. The molecule has 110 valence electrons. The molecule has 0 aliphatic carbocycles. The molecule has 0 saturated heterocycles. The number of benzene rings is 1. The van der Waals surface area contributed by atoms with Gasteiger partial charge in [-0.2, -0.15) is 0 Å². The molecule has 0 aliphatic rings. The van der Waals surface area contributed by atoms with Gasteiger partial charge in [-0.3, -0.25) is 10.1 Å². The van der Waals surface area contributed by atoms with Gasteiger partial charge in [-0.1, -0.05) is 0 Å². The third kappa shape index (κ3) is 4.04. The quantitative estimate of drug-likeness (QED) is 0.748. The van der Waals surface area contributed by atoms with Gasteiger partial charge in [0, 0.05) is 18.8 Å². The van der Waals surface area contributed by atoms with E-state index in [2.05, 4.69) is 16.0 Å². The van der Waals surface area contributed by atoms with Crippen LogP contribution in [0.2, 0.25) is 0 Å². The number of nitrogens with one attached hydrogen (secondary N) is 3. The summed E-state index contributed by atoms with van der Waals surface area (Å²) in [6.45, 7) is 1.65. The first-order valence-electron chi connectivity index (χ1n) is 6.03. The minimum atomic E-state index is -0.578. The summed E-state index contributed by atoms with van der Waals surface area (Å²) >= 11 is 0. The number of rotatable bonds is 5. The fourth-order valence-corrected chi connectivity index (χ4v) is 1.52. The number of anilines is 1. The van der Waals surface area contributed by atoms with E-state index < -0.39 is 18.0 Å². The monoisotopic (exact) mass is 281 g/mol. The molecule has 1 aromatic rings. The Morgan fingerprint density at radius 2 is 1.80 bits per heavy atom. The summed E-state index contributed by atoms with van der Waals surface area (Å²) in [4.78, 5) is 22.8. The molecule has 20 heavy (non-hydrogen) atoms. The molecule has 1 aromatic carbocycles. The number of carbonyl (C=O) groups is 2. The summed E-state index contributed by atoms with van der Waals surface area (Å²) < 4.78 is 10.3. The van der Waals surface area contributed by atoms with Crippen LogP contribution in [-0.2, 0) is 4.79 Å².